The minimum Gasteiger partial charge on any atom is -0.394 e. The Labute approximate surface area is 511 Å². The van der Waals surface area contributed by atoms with Crippen LogP contribution in [0.2, 0.25) is 0 Å². The van der Waals surface area contributed by atoms with Gasteiger partial charge in [0.15, 0.2) is 6.29 Å². The van der Waals surface area contributed by atoms with E-state index >= 15 is 0 Å². The molecule has 0 saturated carbocycles. The molecule has 0 spiro atoms. The monoisotopic (exact) mass is 1160 g/mol. The molecule has 1 fully saturated rings. The number of hydrogen-bond donors (Lipinski definition) is 6. The Balaban J connectivity index is 2.11. The van der Waals surface area contributed by atoms with E-state index in [2.05, 4.69) is 92.1 Å². The van der Waals surface area contributed by atoms with Gasteiger partial charge in [-0.05, 0) is 70.6 Å². The lowest BCUT2D eigenvalue weighted by molar-refractivity contribution is -0.302. The highest BCUT2D eigenvalue weighted by Crippen LogP contribution is 2.23. The first kappa shape index (κ1) is 78.4. The molecular formula is C74H133NO8. The largest absolute Gasteiger partial charge is 0.394 e. The number of hydrogen-bond acceptors (Lipinski definition) is 8. The van der Waals surface area contributed by atoms with E-state index in [1.807, 2.05) is 6.08 Å². The quantitative estimate of drug-likeness (QED) is 0.0261. The maximum Gasteiger partial charge on any atom is 0.220 e. The van der Waals surface area contributed by atoms with E-state index in [9.17, 15) is 30.3 Å². The van der Waals surface area contributed by atoms with Gasteiger partial charge < -0.3 is 40.3 Å². The highest BCUT2D eigenvalue weighted by atomic mass is 16.7. The van der Waals surface area contributed by atoms with Gasteiger partial charge >= 0.3 is 0 Å². The van der Waals surface area contributed by atoms with Gasteiger partial charge in [0.25, 0.3) is 0 Å². The number of aliphatic hydroxyl groups excluding tert-OH is 5. The number of ether oxygens (including phenoxy) is 2. The van der Waals surface area contributed by atoms with Crippen molar-refractivity contribution in [3.8, 4) is 0 Å². The molecule has 0 radical (unpaired) electrons. The number of rotatable bonds is 61. The Morgan fingerprint density at radius 1 is 0.422 bits per heavy atom. The normalized spacial score (nSPS) is 18.8. The lowest BCUT2D eigenvalue weighted by Crippen LogP contribution is -2.60. The van der Waals surface area contributed by atoms with Crippen LogP contribution in [0.4, 0.5) is 0 Å². The van der Waals surface area contributed by atoms with Gasteiger partial charge in [-0.15, -0.1) is 0 Å². The number of carbonyl (C=O) groups excluding carboxylic acids is 1. The van der Waals surface area contributed by atoms with E-state index in [-0.39, 0.29) is 12.5 Å². The molecule has 83 heavy (non-hydrogen) atoms. The van der Waals surface area contributed by atoms with Crippen molar-refractivity contribution in [2.75, 3.05) is 13.2 Å². The maximum absolute atomic E-state index is 13.1. The summed E-state index contributed by atoms with van der Waals surface area (Å²) in [4.78, 5) is 13.1. The van der Waals surface area contributed by atoms with Crippen LogP contribution < -0.4 is 5.32 Å². The molecule has 1 heterocycles. The molecule has 0 aromatic rings. The van der Waals surface area contributed by atoms with Crippen molar-refractivity contribution in [1.82, 2.24) is 5.32 Å². The van der Waals surface area contributed by atoms with Crippen LogP contribution in [0.3, 0.4) is 0 Å². The van der Waals surface area contributed by atoms with E-state index in [0.29, 0.717) is 6.42 Å². The van der Waals surface area contributed by atoms with Gasteiger partial charge in [-0.25, -0.2) is 0 Å². The second-order valence-corrected chi connectivity index (χ2v) is 24.3. The average molecular weight is 1160 g/mol. The SMILES string of the molecule is CC/C=C\C/C=C\C/C=C\C/C=C\C/C=C\C/C=C\CCCCCCCCCCCCCCCCCCCCC(=O)NC(COC1OC(CO)C(O)C(O)C1O)C(O)/C=C/CCCCCCCCCCCCCCCCCCCCCCC. The van der Waals surface area contributed by atoms with Gasteiger partial charge in [0, 0.05) is 6.42 Å². The lowest BCUT2D eigenvalue weighted by atomic mass is 9.99. The zero-order chi connectivity index (χ0) is 60.0. The van der Waals surface area contributed by atoms with Crippen LogP contribution in [-0.2, 0) is 14.3 Å². The fourth-order valence-electron chi connectivity index (χ4n) is 11.0. The number of amides is 1. The van der Waals surface area contributed by atoms with Gasteiger partial charge in [0.1, 0.15) is 24.4 Å². The standard InChI is InChI=1S/C74H133NO8/c1-3-5-7-9-11-13-15-17-19-21-23-25-27-28-29-30-31-32-33-34-35-36-37-38-39-40-42-44-46-48-50-52-54-56-58-60-62-64-70(78)75-67(66-82-74-73(81)72(80)71(79)69(65-76)83-74)68(77)63-61-59-57-55-53-51-49-47-45-43-41-26-24-22-20-18-16-14-12-10-8-6-4-2/h5,7,11,13,17,19,23,25,28-29,31-32,61,63,67-69,71-74,76-77,79-81H,3-4,6,8-10,12,14-16,18,20-22,24,26-27,30,33-60,62,64-66H2,1-2H3,(H,75,78)/b7-5-,13-11-,19-17-,25-23-,29-28-,32-31-,63-61+. The van der Waals surface area contributed by atoms with Crippen LogP contribution in [-0.4, -0.2) is 87.5 Å². The number of unbranched alkanes of at least 4 members (excludes halogenated alkanes) is 39. The summed E-state index contributed by atoms with van der Waals surface area (Å²) < 4.78 is 11.3. The van der Waals surface area contributed by atoms with Crippen LogP contribution >= 0.6 is 0 Å². The molecule has 1 amide bonds. The Hall–Kier alpha value is -2.63. The van der Waals surface area contributed by atoms with Crippen molar-refractivity contribution in [2.24, 2.45) is 0 Å². The van der Waals surface area contributed by atoms with E-state index in [0.717, 1.165) is 77.0 Å². The van der Waals surface area contributed by atoms with E-state index in [1.54, 1.807) is 6.08 Å². The number of allylic oxidation sites excluding steroid dienone is 13. The summed E-state index contributed by atoms with van der Waals surface area (Å²) >= 11 is 0. The molecule has 0 aromatic heterocycles. The maximum atomic E-state index is 13.1. The molecule has 7 atom stereocenters. The fraction of sp³-hybridized carbons (Fsp3) is 0.797. The summed E-state index contributed by atoms with van der Waals surface area (Å²) in [6.45, 7) is 3.70. The molecule has 1 aliphatic rings. The minimum absolute atomic E-state index is 0.174. The van der Waals surface area contributed by atoms with Gasteiger partial charge in [-0.2, -0.15) is 0 Å². The summed E-state index contributed by atoms with van der Waals surface area (Å²) in [5.41, 5.74) is 0. The molecule has 0 aromatic carbocycles. The minimum atomic E-state index is -1.57. The Kier molecular flexibility index (Phi) is 59.0. The zero-order valence-electron chi connectivity index (χ0n) is 53.9. The third kappa shape index (κ3) is 51.2. The van der Waals surface area contributed by atoms with Crippen LogP contribution in [0.15, 0.2) is 85.1 Å². The zero-order valence-corrected chi connectivity index (χ0v) is 53.9. The molecular weight excluding hydrogens is 1030 g/mol. The van der Waals surface area contributed by atoms with Crippen LogP contribution in [0.1, 0.15) is 322 Å². The van der Waals surface area contributed by atoms with Crippen LogP contribution in [0, 0.1) is 0 Å². The predicted octanol–water partition coefficient (Wildman–Crippen LogP) is 19.3. The molecule has 9 heteroatoms. The molecule has 7 unspecified atom stereocenters. The highest BCUT2D eigenvalue weighted by molar-refractivity contribution is 5.76. The first-order valence-corrected chi connectivity index (χ1v) is 35.3. The smallest absolute Gasteiger partial charge is 0.220 e. The van der Waals surface area contributed by atoms with E-state index < -0.39 is 49.5 Å². The van der Waals surface area contributed by atoms with Crippen molar-refractivity contribution in [2.45, 2.75) is 365 Å². The molecule has 9 nitrogen and oxygen atoms in total. The second-order valence-electron chi connectivity index (χ2n) is 24.3. The fourth-order valence-corrected chi connectivity index (χ4v) is 11.0. The third-order valence-electron chi connectivity index (χ3n) is 16.5. The molecule has 1 rings (SSSR count). The van der Waals surface area contributed by atoms with E-state index in [1.165, 1.54) is 225 Å². The molecule has 0 aliphatic carbocycles. The van der Waals surface area contributed by atoms with Crippen molar-refractivity contribution in [1.29, 1.82) is 0 Å². The summed E-state index contributed by atoms with van der Waals surface area (Å²) in [6, 6.07) is -0.809. The Bertz CT molecular complexity index is 1590. The van der Waals surface area contributed by atoms with Gasteiger partial charge in [0.05, 0.1) is 25.4 Å². The number of nitrogens with one attached hydrogen (secondary N) is 1. The molecule has 482 valence electrons. The van der Waals surface area contributed by atoms with Crippen molar-refractivity contribution < 1.29 is 39.8 Å². The summed E-state index contributed by atoms with van der Waals surface area (Å²) in [6.07, 6.45) is 82.6. The first-order valence-electron chi connectivity index (χ1n) is 35.3. The molecule has 0 bridgehead atoms. The highest BCUT2D eigenvalue weighted by Gasteiger charge is 2.44. The Morgan fingerprint density at radius 3 is 1.11 bits per heavy atom. The Morgan fingerprint density at radius 2 is 0.747 bits per heavy atom. The van der Waals surface area contributed by atoms with Gasteiger partial charge in [-0.1, -0.05) is 330 Å². The first-order chi connectivity index (χ1) is 40.8. The van der Waals surface area contributed by atoms with Crippen LogP contribution in [0.25, 0.3) is 0 Å². The molecule has 6 N–H and O–H groups in total. The van der Waals surface area contributed by atoms with Crippen molar-refractivity contribution in [3.05, 3.63) is 85.1 Å². The summed E-state index contributed by atoms with van der Waals surface area (Å²) in [7, 11) is 0. The number of aliphatic hydroxyl groups is 5. The van der Waals surface area contributed by atoms with E-state index in [4.69, 9.17) is 9.47 Å². The summed E-state index contributed by atoms with van der Waals surface area (Å²) in [5, 5.41) is 54.8. The summed E-state index contributed by atoms with van der Waals surface area (Å²) in [5.74, 6) is -0.174. The van der Waals surface area contributed by atoms with Crippen LogP contribution in [0.5, 0.6) is 0 Å². The third-order valence-corrected chi connectivity index (χ3v) is 16.5. The average Bonchev–Trinajstić information content (AvgIpc) is 3.60. The number of carbonyl (C=O) groups is 1. The topological polar surface area (TPSA) is 149 Å². The van der Waals surface area contributed by atoms with Gasteiger partial charge in [0.2, 0.25) is 5.91 Å². The van der Waals surface area contributed by atoms with Crippen molar-refractivity contribution in [3.63, 3.8) is 0 Å². The van der Waals surface area contributed by atoms with Crippen molar-refractivity contribution >= 4 is 5.91 Å². The molecule has 1 saturated heterocycles. The second kappa shape index (κ2) is 62.4. The van der Waals surface area contributed by atoms with Gasteiger partial charge in [-0.3, -0.25) is 4.79 Å². The predicted molar refractivity (Wildman–Crippen MR) is 355 cm³/mol. The lowest BCUT2D eigenvalue weighted by Gasteiger charge is -2.40. The molecule has 1 aliphatic heterocycles.